The molecule has 1 aliphatic rings. The largest absolute Gasteiger partial charge is 0.361 e. The van der Waals surface area contributed by atoms with E-state index in [2.05, 4.69) is 4.79 Å². The van der Waals surface area contributed by atoms with Gasteiger partial charge in [-0.05, 0) is 6.08 Å². The van der Waals surface area contributed by atoms with Crippen LogP contribution in [0, 0.1) is 10.1 Å². The highest BCUT2D eigenvalue weighted by molar-refractivity contribution is 5.93. The van der Waals surface area contributed by atoms with Crippen molar-refractivity contribution in [2.45, 2.75) is 6.42 Å². The Bertz CT molecular complexity index is 297. The fourth-order valence-corrected chi connectivity index (χ4v) is 0.768. The second-order valence-corrected chi connectivity index (χ2v) is 2.04. The molecule has 0 radical (unpaired) electrons. The lowest BCUT2D eigenvalue weighted by atomic mass is 10.1. The molecule has 0 aromatic rings. The van der Waals surface area contributed by atoms with E-state index in [1.54, 1.807) is 0 Å². The van der Waals surface area contributed by atoms with Gasteiger partial charge in [0.05, 0.1) is 4.92 Å². The summed E-state index contributed by atoms with van der Waals surface area (Å²) >= 11 is 0. The molecule has 0 atom stereocenters. The quantitative estimate of drug-likeness (QED) is 0.240. The van der Waals surface area contributed by atoms with Crippen molar-refractivity contribution in [3.63, 3.8) is 0 Å². The lowest BCUT2D eigenvalue weighted by Crippen LogP contribution is -2.08. The predicted molar refractivity (Wildman–Crippen MR) is 37.5 cm³/mol. The van der Waals surface area contributed by atoms with Crippen LogP contribution in [0.15, 0.2) is 23.9 Å². The molecule has 1 rings (SSSR count). The fourth-order valence-electron chi connectivity index (χ4n) is 0.768. The second-order valence-electron chi connectivity index (χ2n) is 2.04. The van der Waals surface area contributed by atoms with Crippen LogP contribution < -0.4 is 0 Å². The first-order valence-electron chi connectivity index (χ1n) is 2.96. The lowest BCUT2D eigenvalue weighted by molar-refractivity contribution is -0.426. The molecule has 0 saturated heterocycles. The van der Waals surface area contributed by atoms with Crippen molar-refractivity contribution in [3.8, 4) is 0 Å². The van der Waals surface area contributed by atoms with Gasteiger partial charge in [0.2, 0.25) is 0 Å². The third kappa shape index (κ3) is 1.59. The molecular formula is C6H5N3O2. The number of hydrogen-bond acceptors (Lipinski definition) is 2. The van der Waals surface area contributed by atoms with E-state index in [0.717, 1.165) is 0 Å². The van der Waals surface area contributed by atoms with Crippen molar-refractivity contribution in [2.75, 3.05) is 0 Å². The van der Waals surface area contributed by atoms with Crippen LogP contribution in [0.3, 0.4) is 0 Å². The highest BCUT2D eigenvalue weighted by atomic mass is 16.6. The van der Waals surface area contributed by atoms with Crippen LogP contribution in [-0.4, -0.2) is 15.4 Å². The van der Waals surface area contributed by atoms with Crippen LogP contribution in [0.4, 0.5) is 0 Å². The molecule has 0 saturated carbocycles. The zero-order valence-corrected chi connectivity index (χ0v) is 5.60. The first-order valence-corrected chi connectivity index (χ1v) is 2.96. The minimum Gasteiger partial charge on any atom is -0.361 e. The van der Waals surface area contributed by atoms with Crippen LogP contribution in [0.5, 0.6) is 0 Å². The SMILES string of the molecule is [N-]=[N+]=C1C=CC=C([N+](=O)[O-])C1. The van der Waals surface area contributed by atoms with Crippen molar-refractivity contribution in [1.29, 1.82) is 0 Å². The van der Waals surface area contributed by atoms with Gasteiger partial charge in [0.25, 0.3) is 5.70 Å². The minimum absolute atomic E-state index is 0.0419. The lowest BCUT2D eigenvalue weighted by Gasteiger charge is -1.94. The number of rotatable bonds is 1. The Morgan fingerprint density at radius 1 is 1.73 bits per heavy atom. The molecule has 0 aromatic carbocycles. The van der Waals surface area contributed by atoms with Crippen LogP contribution in [0.1, 0.15) is 6.42 Å². The molecule has 0 amide bonds. The molecule has 0 aromatic heterocycles. The molecule has 5 nitrogen and oxygen atoms in total. The van der Waals surface area contributed by atoms with Gasteiger partial charge in [0.15, 0.2) is 0 Å². The van der Waals surface area contributed by atoms with Gasteiger partial charge < -0.3 is 5.53 Å². The van der Waals surface area contributed by atoms with Gasteiger partial charge in [-0.1, -0.05) is 0 Å². The van der Waals surface area contributed by atoms with Gasteiger partial charge in [0, 0.05) is 12.2 Å². The van der Waals surface area contributed by atoms with Gasteiger partial charge in [0.1, 0.15) is 6.42 Å². The highest BCUT2D eigenvalue weighted by Gasteiger charge is 2.19. The Morgan fingerprint density at radius 2 is 2.45 bits per heavy atom. The number of nitro groups is 1. The summed E-state index contributed by atoms with van der Waals surface area (Å²) in [6.45, 7) is 0. The number of nitrogens with zero attached hydrogens (tertiary/aromatic N) is 3. The Labute approximate surface area is 62.4 Å². The van der Waals surface area contributed by atoms with Crippen molar-refractivity contribution in [1.82, 2.24) is 0 Å². The average Bonchev–Trinajstić information content (AvgIpc) is 2.05. The molecule has 5 heteroatoms. The summed E-state index contributed by atoms with van der Waals surface area (Å²) in [6.07, 6.45) is 4.47. The topological polar surface area (TPSA) is 79.5 Å². The standard InChI is InChI=1S/C6H5N3O2/c7-8-5-2-1-3-6(4-5)9(10)11/h1-3H,4H2. The van der Waals surface area contributed by atoms with Crippen molar-refractivity contribution in [2.24, 2.45) is 0 Å². The average molecular weight is 151 g/mol. The smallest absolute Gasteiger partial charge is 0.302 e. The van der Waals surface area contributed by atoms with E-state index in [-0.39, 0.29) is 12.1 Å². The Kier molecular flexibility index (Phi) is 1.94. The molecule has 11 heavy (non-hydrogen) atoms. The van der Waals surface area contributed by atoms with Gasteiger partial charge in [-0.3, -0.25) is 10.1 Å². The third-order valence-electron chi connectivity index (χ3n) is 1.30. The first-order chi connectivity index (χ1) is 5.24. The summed E-state index contributed by atoms with van der Waals surface area (Å²) in [7, 11) is 0. The zero-order chi connectivity index (χ0) is 8.27. The first kappa shape index (κ1) is 7.37. The van der Waals surface area contributed by atoms with Gasteiger partial charge in [-0.25, -0.2) is 0 Å². The Morgan fingerprint density at radius 3 is 3.00 bits per heavy atom. The summed E-state index contributed by atoms with van der Waals surface area (Å²) in [4.78, 5) is 12.6. The minimum atomic E-state index is -0.491. The highest BCUT2D eigenvalue weighted by Crippen LogP contribution is 2.08. The van der Waals surface area contributed by atoms with Crippen LogP contribution in [0.25, 0.3) is 5.53 Å². The second kappa shape index (κ2) is 2.90. The summed E-state index contributed by atoms with van der Waals surface area (Å²) in [5.74, 6) is 0. The van der Waals surface area contributed by atoms with Crippen LogP contribution >= 0.6 is 0 Å². The maximum absolute atomic E-state index is 10.2. The van der Waals surface area contributed by atoms with E-state index in [4.69, 9.17) is 5.53 Å². The fraction of sp³-hybridized carbons (Fsp3) is 0.167. The summed E-state index contributed by atoms with van der Waals surface area (Å²) in [6, 6.07) is 0. The molecule has 56 valence electrons. The van der Waals surface area contributed by atoms with E-state index in [1.807, 2.05) is 0 Å². The van der Waals surface area contributed by atoms with Crippen LogP contribution in [-0.2, 0) is 0 Å². The Balaban J connectivity index is 2.89. The molecule has 0 heterocycles. The van der Waals surface area contributed by atoms with Crippen molar-refractivity contribution < 1.29 is 9.71 Å². The molecule has 0 fully saturated rings. The molecule has 0 N–H and O–H groups in total. The molecule has 0 bridgehead atoms. The summed E-state index contributed by atoms with van der Waals surface area (Å²) in [5.41, 5.74) is 8.62. The van der Waals surface area contributed by atoms with Gasteiger partial charge >= 0.3 is 5.71 Å². The normalized spacial score (nSPS) is 15.6. The predicted octanol–water partition coefficient (Wildman–Crippen LogP) is 0.778. The monoisotopic (exact) mass is 151 g/mol. The van der Waals surface area contributed by atoms with E-state index in [0.29, 0.717) is 5.71 Å². The molecule has 0 aliphatic heterocycles. The molecule has 0 spiro atoms. The Hall–Kier alpha value is -1.74. The maximum atomic E-state index is 10.2. The van der Waals surface area contributed by atoms with E-state index < -0.39 is 4.92 Å². The number of hydrogen-bond donors (Lipinski definition) is 0. The molecule has 1 aliphatic carbocycles. The van der Waals surface area contributed by atoms with E-state index >= 15 is 0 Å². The summed E-state index contributed by atoms with van der Waals surface area (Å²) < 4.78 is 0. The molecule has 0 unspecified atom stereocenters. The van der Waals surface area contributed by atoms with E-state index in [9.17, 15) is 10.1 Å². The van der Waals surface area contributed by atoms with Crippen LogP contribution in [0.2, 0.25) is 0 Å². The van der Waals surface area contributed by atoms with Crippen molar-refractivity contribution in [3.05, 3.63) is 39.6 Å². The summed E-state index contributed by atoms with van der Waals surface area (Å²) in [5, 5.41) is 10.2. The van der Waals surface area contributed by atoms with E-state index in [1.165, 1.54) is 18.2 Å². The zero-order valence-electron chi connectivity index (χ0n) is 5.60. The third-order valence-corrected chi connectivity index (χ3v) is 1.30. The van der Waals surface area contributed by atoms with Crippen molar-refractivity contribution >= 4 is 5.71 Å². The number of allylic oxidation sites excluding steroid dienone is 4. The van der Waals surface area contributed by atoms with Gasteiger partial charge in [-0.2, -0.15) is 4.79 Å². The van der Waals surface area contributed by atoms with Gasteiger partial charge in [-0.15, -0.1) is 0 Å². The maximum Gasteiger partial charge on any atom is 0.302 e. The molecular weight excluding hydrogens is 146 g/mol.